The van der Waals surface area contributed by atoms with Crippen LogP contribution in [0.3, 0.4) is 0 Å². The molecule has 1 saturated heterocycles. The molecule has 1 aliphatic rings. The molecule has 1 aliphatic heterocycles. The third-order valence-corrected chi connectivity index (χ3v) is 5.19. The third-order valence-electron chi connectivity index (χ3n) is 5.19. The van der Waals surface area contributed by atoms with Crippen molar-refractivity contribution in [3.63, 3.8) is 0 Å². The Balaban J connectivity index is 1.46. The molecule has 4 rings (SSSR count). The van der Waals surface area contributed by atoms with Crippen molar-refractivity contribution in [3.05, 3.63) is 59.7 Å². The maximum absolute atomic E-state index is 14.5. The van der Waals surface area contributed by atoms with Gasteiger partial charge in [0, 0.05) is 24.6 Å². The molecule has 0 spiro atoms. The highest BCUT2D eigenvalue weighted by molar-refractivity contribution is 5.58. The maximum atomic E-state index is 14.5. The number of imidazole rings is 1. The molecule has 3 aromatic rings. The molecular formula is C20H20F3N5. The zero-order chi connectivity index (χ0) is 19.7. The van der Waals surface area contributed by atoms with Crippen LogP contribution in [0.2, 0.25) is 0 Å². The largest absolute Gasteiger partial charge is 0.354 e. The van der Waals surface area contributed by atoms with E-state index in [1.165, 1.54) is 12.4 Å². The van der Waals surface area contributed by atoms with Crippen LogP contribution in [0.1, 0.15) is 37.2 Å². The molecule has 0 aliphatic carbocycles. The first-order chi connectivity index (χ1) is 13.6. The van der Waals surface area contributed by atoms with Crippen molar-refractivity contribution < 1.29 is 13.2 Å². The molecule has 5 nitrogen and oxygen atoms in total. The molecule has 0 atom stereocenters. The van der Waals surface area contributed by atoms with E-state index in [-0.39, 0.29) is 11.7 Å². The summed E-state index contributed by atoms with van der Waals surface area (Å²) in [5.74, 6) is -0.767. The number of rotatable bonds is 4. The molecule has 2 aromatic heterocycles. The lowest BCUT2D eigenvalue weighted by Gasteiger charge is -2.32. The topological polar surface area (TPSA) is 57.7 Å². The first kappa shape index (κ1) is 18.5. The normalized spacial score (nSPS) is 15.2. The van der Waals surface area contributed by atoms with Gasteiger partial charge in [0.05, 0.1) is 17.6 Å². The van der Waals surface area contributed by atoms with E-state index in [1.807, 2.05) is 11.8 Å². The number of aromatic nitrogens is 4. The van der Waals surface area contributed by atoms with Crippen LogP contribution in [0.15, 0.2) is 30.7 Å². The van der Waals surface area contributed by atoms with Crippen LogP contribution in [0.4, 0.5) is 19.0 Å². The predicted octanol–water partition coefficient (Wildman–Crippen LogP) is 4.23. The van der Waals surface area contributed by atoms with Crippen molar-refractivity contribution in [2.24, 2.45) is 0 Å². The summed E-state index contributed by atoms with van der Waals surface area (Å²) in [6.45, 7) is 3.18. The smallest absolute Gasteiger partial charge is 0.187 e. The molecule has 3 heterocycles. The first-order valence-electron chi connectivity index (χ1n) is 9.31. The van der Waals surface area contributed by atoms with E-state index >= 15 is 0 Å². The quantitative estimate of drug-likeness (QED) is 0.728. The summed E-state index contributed by atoms with van der Waals surface area (Å²) < 4.78 is 41.1. The first-order valence-corrected chi connectivity index (χ1v) is 9.31. The predicted molar refractivity (Wildman–Crippen MR) is 99.5 cm³/mol. The van der Waals surface area contributed by atoms with E-state index in [9.17, 15) is 13.2 Å². The fourth-order valence-corrected chi connectivity index (χ4v) is 3.58. The summed E-state index contributed by atoms with van der Waals surface area (Å²) in [5.41, 5.74) is 1.62. The molecule has 0 radical (unpaired) electrons. The maximum Gasteiger partial charge on any atom is 0.187 e. The lowest BCUT2D eigenvalue weighted by Crippen LogP contribution is -2.34. The van der Waals surface area contributed by atoms with Crippen molar-refractivity contribution in [1.82, 2.24) is 19.9 Å². The van der Waals surface area contributed by atoms with E-state index in [1.54, 1.807) is 6.20 Å². The molecule has 0 amide bonds. The molecule has 1 fully saturated rings. The van der Waals surface area contributed by atoms with Crippen molar-refractivity contribution in [2.45, 2.75) is 32.1 Å². The van der Waals surface area contributed by atoms with Gasteiger partial charge in [-0.3, -0.25) is 0 Å². The minimum atomic E-state index is -0.889. The van der Waals surface area contributed by atoms with Crippen LogP contribution in [-0.4, -0.2) is 33.0 Å². The van der Waals surface area contributed by atoms with E-state index in [2.05, 4.69) is 19.9 Å². The molecule has 8 heteroatoms. The standard InChI is InChI=1S/C20H20F3N5/c1-2-16-18(23)20(26-11-25-16)28-7-5-12(6-8-28)19-24-10-17(27-19)13-3-4-14(21)15(22)9-13/h3-4,9-12H,2,5-8H2,1H3,(H,24,27). The molecule has 146 valence electrons. The Morgan fingerprint density at radius 1 is 1.07 bits per heavy atom. The van der Waals surface area contributed by atoms with Crippen molar-refractivity contribution in [1.29, 1.82) is 0 Å². The second-order valence-corrected chi connectivity index (χ2v) is 6.88. The number of aromatic amines is 1. The van der Waals surface area contributed by atoms with Gasteiger partial charge in [-0.2, -0.15) is 0 Å². The summed E-state index contributed by atoms with van der Waals surface area (Å²) in [7, 11) is 0. The van der Waals surface area contributed by atoms with Gasteiger partial charge in [0.15, 0.2) is 23.3 Å². The van der Waals surface area contributed by atoms with Gasteiger partial charge in [0.2, 0.25) is 0 Å². The Bertz CT molecular complexity index is 980. The van der Waals surface area contributed by atoms with Crippen molar-refractivity contribution in [2.75, 3.05) is 18.0 Å². The monoisotopic (exact) mass is 387 g/mol. The van der Waals surface area contributed by atoms with Gasteiger partial charge in [0.25, 0.3) is 0 Å². The SMILES string of the molecule is CCc1ncnc(N2CCC(c3ncc(-c4ccc(F)c(F)c4)[nH]3)CC2)c1F. The number of nitrogens with one attached hydrogen (secondary N) is 1. The van der Waals surface area contributed by atoms with Crippen molar-refractivity contribution in [3.8, 4) is 11.3 Å². The zero-order valence-electron chi connectivity index (χ0n) is 15.4. The second-order valence-electron chi connectivity index (χ2n) is 6.88. The van der Waals surface area contributed by atoms with Gasteiger partial charge in [-0.05, 0) is 37.5 Å². The van der Waals surface area contributed by atoms with E-state index in [0.29, 0.717) is 42.3 Å². The number of H-pyrrole nitrogens is 1. The van der Waals surface area contributed by atoms with E-state index < -0.39 is 11.6 Å². The van der Waals surface area contributed by atoms with Crippen LogP contribution in [0.25, 0.3) is 11.3 Å². The number of hydrogen-bond acceptors (Lipinski definition) is 4. The van der Waals surface area contributed by atoms with Gasteiger partial charge >= 0.3 is 0 Å². The van der Waals surface area contributed by atoms with E-state index in [0.717, 1.165) is 30.8 Å². The fraction of sp³-hybridized carbons (Fsp3) is 0.350. The Hall–Kier alpha value is -2.90. The number of aryl methyl sites for hydroxylation is 1. The molecular weight excluding hydrogens is 367 g/mol. The highest BCUT2D eigenvalue weighted by Crippen LogP contribution is 2.31. The number of halogens is 3. The molecule has 0 unspecified atom stereocenters. The Morgan fingerprint density at radius 2 is 1.86 bits per heavy atom. The van der Waals surface area contributed by atoms with Crippen LogP contribution < -0.4 is 4.90 Å². The summed E-state index contributed by atoms with van der Waals surface area (Å²) in [6.07, 6.45) is 5.14. The Labute approximate surface area is 160 Å². The number of piperidine rings is 1. The molecule has 1 aromatic carbocycles. The number of anilines is 1. The average Bonchev–Trinajstić information content (AvgIpc) is 3.21. The van der Waals surface area contributed by atoms with Gasteiger partial charge in [-0.15, -0.1) is 0 Å². The lowest BCUT2D eigenvalue weighted by atomic mass is 9.96. The van der Waals surface area contributed by atoms with Crippen molar-refractivity contribution >= 4 is 5.82 Å². The minimum Gasteiger partial charge on any atom is -0.354 e. The minimum absolute atomic E-state index is 0.186. The van der Waals surface area contributed by atoms with Crippen LogP contribution >= 0.6 is 0 Å². The number of nitrogens with zero attached hydrogens (tertiary/aromatic N) is 4. The second kappa shape index (κ2) is 7.61. The average molecular weight is 387 g/mol. The third kappa shape index (κ3) is 3.46. The fourth-order valence-electron chi connectivity index (χ4n) is 3.58. The molecule has 0 bridgehead atoms. The summed E-state index contributed by atoms with van der Waals surface area (Å²) in [4.78, 5) is 17.7. The molecule has 0 saturated carbocycles. The zero-order valence-corrected chi connectivity index (χ0v) is 15.4. The van der Waals surface area contributed by atoms with Gasteiger partial charge < -0.3 is 9.88 Å². The summed E-state index contributed by atoms with van der Waals surface area (Å²) >= 11 is 0. The molecule has 1 N–H and O–H groups in total. The summed E-state index contributed by atoms with van der Waals surface area (Å²) in [5, 5.41) is 0. The van der Waals surface area contributed by atoms with Crippen LogP contribution in [-0.2, 0) is 6.42 Å². The van der Waals surface area contributed by atoms with Crippen LogP contribution in [0.5, 0.6) is 0 Å². The highest BCUT2D eigenvalue weighted by Gasteiger charge is 2.26. The highest BCUT2D eigenvalue weighted by atomic mass is 19.2. The summed E-state index contributed by atoms with van der Waals surface area (Å²) in [6, 6.07) is 3.77. The lowest BCUT2D eigenvalue weighted by molar-refractivity contribution is 0.476. The van der Waals surface area contributed by atoms with Gasteiger partial charge in [-0.1, -0.05) is 6.92 Å². The Kier molecular flexibility index (Phi) is 5.02. The number of benzene rings is 1. The molecule has 28 heavy (non-hydrogen) atoms. The van der Waals surface area contributed by atoms with Gasteiger partial charge in [0.1, 0.15) is 12.2 Å². The van der Waals surface area contributed by atoms with Gasteiger partial charge in [-0.25, -0.2) is 28.1 Å². The Morgan fingerprint density at radius 3 is 2.57 bits per heavy atom. The van der Waals surface area contributed by atoms with Crippen LogP contribution in [0, 0.1) is 17.5 Å². The van der Waals surface area contributed by atoms with E-state index in [4.69, 9.17) is 0 Å². The number of hydrogen-bond donors (Lipinski definition) is 1.